The number of hydrogen-bond acceptors (Lipinski definition) is 5. The van der Waals surface area contributed by atoms with Crippen molar-refractivity contribution in [2.75, 3.05) is 14.2 Å². The SMILES string of the molecule is CCCn1c(=NC(=O)c2ccc(S(=O)(=O)N(C)C3CCCCC3)cc2)sc2ccc(OC)cc21. The molecule has 1 aromatic heterocycles. The summed E-state index contributed by atoms with van der Waals surface area (Å²) in [5.41, 5.74) is 1.34. The fraction of sp³-hybridized carbons (Fsp3) is 0.440. The van der Waals surface area contributed by atoms with Gasteiger partial charge in [-0.15, -0.1) is 0 Å². The minimum Gasteiger partial charge on any atom is -0.497 e. The van der Waals surface area contributed by atoms with Gasteiger partial charge in [0, 0.05) is 31.3 Å². The third kappa shape index (κ3) is 4.96. The maximum atomic E-state index is 13.1. The Kier molecular flexibility index (Phi) is 7.54. The van der Waals surface area contributed by atoms with Gasteiger partial charge in [0.05, 0.1) is 22.2 Å². The number of rotatable bonds is 7. The summed E-state index contributed by atoms with van der Waals surface area (Å²) in [5, 5.41) is 0. The second-order valence-electron chi connectivity index (χ2n) is 8.62. The monoisotopic (exact) mass is 501 g/mol. The van der Waals surface area contributed by atoms with Gasteiger partial charge in [0.25, 0.3) is 5.91 Å². The molecule has 0 unspecified atom stereocenters. The minimum absolute atomic E-state index is 0.0376. The summed E-state index contributed by atoms with van der Waals surface area (Å²) in [5.74, 6) is 0.357. The van der Waals surface area contributed by atoms with E-state index in [1.165, 1.54) is 27.8 Å². The Balaban J connectivity index is 1.62. The molecule has 1 fully saturated rings. The molecule has 3 aromatic rings. The lowest BCUT2D eigenvalue weighted by molar-refractivity contribution is 0.0997. The standard InChI is InChI=1S/C25H31N3O4S2/c1-4-16-28-22-17-20(32-3)12-15-23(22)33-25(28)26-24(29)18-10-13-21(14-11-18)34(30,31)27(2)19-8-6-5-7-9-19/h10-15,17,19H,4-9,16H2,1-3H3. The zero-order valence-electron chi connectivity index (χ0n) is 19.9. The lowest BCUT2D eigenvalue weighted by atomic mass is 9.96. The van der Waals surface area contributed by atoms with Crippen LogP contribution in [0.4, 0.5) is 0 Å². The number of methoxy groups -OCH3 is 1. The molecule has 7 nitrogen and oxygen atoms in total. The molecule has 0 aliphatic heterocycles. The Bertz CT molecular complexity index is 1330. The highest BCUT2D eigenvalue weighted by Crippen LogP contribution is 2.27. The highest BCUT2D eigenvalue weighted by Gasteiger charge is 2.29. The Hall–Kier alpha value is -2.49. The average molecular weight is 502 g/mol. The number of fused-ring (bicyclic) bond motifs is 1. The topological polar surface area (TPSA) is 81.0 Å². The van der Waals surface area contributed by atoms with Crippen LogP contribution in [0.5, 0.6) is 5.75 Å². The van der Waals surface area contributed by atoms with Crippen LogP contribution < -0.4 is 9.54 Å². The molecule has 0 saturated heterocycles. The predicted octanol–water partition coefficient (Wildman–Crippen LogP) is 4.82. The molecular formula is C25H31N3O4S2. The Morgan fingerprint density at radius 2 is 1.85 bits per heavy atom. The van der Waals surface area contributed by atoms with Gasteiger partial charge in [-0.2, -0.15) is 9.30 Å². The molecule has 0 spiro atoms. The second kappa shape index (κ2) is 10.4. The van der Waals surface area contributed by atoms with E-state index in [2.05, 4.69) is 11.9 Å². The van der Waals surface area contributed by atoms with Crippen molar-refractivity contribution in [2.45, 2.75) is 62.9 Å². The summed E-state index contributed by atoms with van der Waals surface area (Å²) in [4.78, 5) is 18.2. The van der Waals surface area contributed by atoms with Crippen LogP contribution in [-0.2, 0) is 16.6 Å². The first kappa shape index (κ1) is 24.6. The number of nitrogens with zero attached hydrogens (tertiary/aromatic N) is 3. The van der Waals surface area contributed by atoms with Crippen LogP contribution in [0, 0.1) is 0 Å². The van der Waals surface area contributed by atoms with Crippen LogP contribution in [0.25, 0.3) is 10.2 Å². The van der Waals surface area contributed by atoms with Gasteiger partial charge in [0.15, 0.2) is 4.80 Å². The van der Waals surface area contributed by atoms with E-state index in [0.29, 0.717) is 10.4 Å². The summed E-state index contributed by atoms with van der Waals surface area (Å²) in [7, 11) is -0.317. The van der Waals surface area contributed by atoms with Crippen molar-refractivity contribution in [1.82, 2.24) is 8.87 Å². The molecule has 1 aliphatic rings. The number of sulfonamides is 1. The third-order valence-electron chi connectivity index (χ3n) is 6.40. The quantitative estimate of drug-likeness (QED) is 0.465. The summed E-state index contributed by atoms with van der Waals surface area (Å²) >= 11 is 1.45. The zero-order chi connectivity index (χ0) is 24.3. The lowest BCUT2D eigenvalue weighted by Gasteiger charge is -2.30. The van der Waals surface area contributed by atoms with Crippen molar-refractivity contribution >= 4 is 37.5 Å². The van der Waals surface area contributed by atoms with Gasteiger partial charge in [-0.3, -0.25) is 4.79 Å². The molecule has 0 atom stereocenters. The first-order valence-corrected chi connectivity index (χ1v) is 14.0. The van der Waals surface area contributed by atoms with E-state index < -0.39 is 15.9 Å². The van der Waals surface area contributed by atoms with E-state index in [4.69, 9.17) is 4.74 Å². The number of carbonyl (C=O) groups is 1. The molecule has 0 N–H and O–H groups in total. The van der Waals surface area contributed by atoms with E-state index >= 15 is 0 Å². The van der Waals surface area contributed by atoms with Crippen LogP contribution >= 0.6 is 11.3 Å². The first-order chi connectivity index (χ1) is 16.3. The number of carbonyl (C=O) groups excluding carboxylic acids is 1. The number of thiazole rings is 1. The lowest BCUT2D eigenvalue weighted by Crippen LogP contribution is -2.38. The van der Waals surface area contributed by atoms with Gasteiger partial charge in [-0.05, 0) is 55.7 Å². The van der Waals surface area contributed by atoms with Gasteiger partial charge >= 0.3 is 0 Å². The van der Waals surface area contributed by atoms with E-state index in [1.54, 1.807) is 26.3 Å². The highest BCUT2D eigenvalue weighted by molar-refractivity contribution is 7.89. The van der Waals surface area contributed by atoms with Crippen LogP contribution in [0.3, 0.4) is 0 Å². The molecule has 1 saturated carbocycles. The number of aromatic nitrogens is 1. The largest absolute Gasteiger partial charge is 0.497 e. The molecule has 0 radical (unpaired) electrons. The van der Waals surface area contributed by atoms with E-state index in [-0.39, 0.29) is 10.9 Å². The average Bonchev–Trinajstić information content (AvgIpc) is 3.20. The molecule has 182 valence electrons. The van der Waals surface area contributed by atoms with Gasteiger partial charge in [-0.25, -0.2) is 8.42 Å². The molecule has 2 aromatic carbocycles. The van der Waals surface area contributed by atoms with Crippen LogP contribution in [-0.4, -0.2) is 43.4 Å². The van der Waals surface area contributed by atoms with Gasteiger partial charge in [0.1, 0.15) is 5.75 Å². The highest BCUT2D eigenvalue weighted by atomic mass is 32.2. The van der Waals surface area contributed by atoms with Gasteiger partial charge < -0.3 is 9.30 Å². The smallest absolute Gasteiger partial charge is 0.279 e. The maximum Gasteiger partial charge on any atom is 0.279 e. The number of hydrogen-bond donors (Lipinski definition) is 0. The van der Waals surface area contributed by atoms with E-state index in [0.717, 1.165) is 61.0 Å². The van der Waals surface area contributed by atoms with E-state index in [9.17, 15) is 13.2 Å². The third-order valence-corrected chi connectivity index (χ3v) is 9.38. The normalized spacial score (nSPS) is 15.8. The molecule has 0 bridgehead atoms. The van der Waals surface area contributed by atoms with Crippen molar-refractivity contribution in [3.05, 3.63) is 52.8 Å². The second-order valence-corrected chi connectivity index (χ2v) is 11.6. The van der Waals surface area contributed by atoms with Crippen molar-refractivity contribution in [3.8, 4) is 5.75 Å². The number of aryl methyl sites for hydroxylation is 1. The molecule has 4 rings (SSSR count). The summed E-state index contributed by atoms with van der Waals surface area (Å²) in [6, 6.07) is 12.0. The predicted molar refractivity (Wildman–Crippen MR) is 135 cm³/mol. The zero-order valence-corrected chi connectivity index (χ0v) is 21.5. The van der Waals surface area contributed by atoms with Gasteiger partial charge in [0.2, 0.25) is 10.0 Å². The van der Waals surface area contributed by atoms with E-state index in [1.807, 2.05) is 22.8 Å². The molecule has 1 amide bonds. The minimum atomic E-state index is -3.60. The summed E-state index contributed by atoms with van der Waals surface area (Å²) in [6.45, 7) is 2.80. The Morgan fingerprint density at radius 1 is 1.15 bits per heavy atom. The maximum absolute atomic E-state index is 13.1. The van der Waals surface area contributed by atoms with Crippen molar-refractivity contribution in [3.63, 3.8) is 0 Å². The first-order valence-electron chi connectivity index (χ1n) is 11.7. The van der Waals surface area contributed by atoms with Crippen LogP contribution in [0.2, 0.25) is 0 Å². The fourth-order valence-electron chi connectivity index (χ4n) is 4.43. The Morgan fingerprint density at radius 3 is 2.50 bits per heavy atom. The molecule has 9 heteroatoms. The molecule has 34 heavy (non-hydrogen) atoms. The fourth-order valence-corrected chi connectivity index (χ4v) is 6.88. The molecule has 1 aliphatic carbocycles. The van der Waals surface area contributed by atoms with Crippen molar-refractivity contribution < 1.29 is 17.9 Å². The van der Waals surface area contributed by atoms with Gasteiger partial charge in [-0.1, -0.05) is 37.5 Å². The Labute approximate surface area is 204 Å². The van der Waals surface area contributed by atoms with Crippen LogP contribution in [0.15, 0.2) is 52.4 Å². The van der Waals surface area contributed by atoms with Crippen LogP contribution in [0.1, 0.15) is 55.8 Å². The van der Waals surface area contributed by atoms with Crippen molar-refractivity contribution in [2.24, 2.45) is 4.99 Å². The summed E-state index contributed by atoms with van der Waals surface area (Å²) in [6.07, 6.45) is 5.96. The summed E-state index contributed by atoms with van der Waals surface area (Å²) < 4.78 is 36.0. The number of benzene rings is 2. The number of amides is 1. The number of ether oxygens (including phenoxy) is 1. The molecular weight excluding hydrogens is 470 g/mol. The van der Waals surface area contributed by atoms with Crippen molar-refractivity contribution in [1.29, 1.82) is 0 Å². The molecule has 1 heterocycles.